The molecule has 1 saturated heterocycles. The van der Waals surface area contributed by atoms with E-state index in [-0.39, 0.29) is 11.4 Å². The van der Waals surface area contributed by atoms with E-state index >= 15 is 0 Å². The molecule has 0 amide bonds. The Kier molecular flexibility index (Phi) is 4.81. The van der Waals surface area contributed by atoms with Crippen LogP contribution in [0.25, 0.3) is 0 Å². The predicted molar refractivity (Wildman–Crippen MR) is 85.2 cm³/mol. The summed E-state index contributed by atoms with van der Waals surface area (Å²) in [4.78, 5) is 3.63. The van der Waals surface area contributed by atoms with E-state index < -0.39 is 27.8 Å². The number of nitrogens with zero attached hydrogens (tertiary/aromatic N) is 2. The van der Waals surface area contributed by atoms with Gasteiger partial charge >= 0.3 is 6.18 Å². The Morgan fingerprint density at radius 1 is 1.20 bits per heavy atom. The van der Waals surface area contributed by atoms with Gasteiger partial charge in [-0.05, 0) is 29.8 Å². The molecule has 1 aliphatic rings. The first kappa shape index (κ1) is 17.8. The van der Waals surface area contributed by atoms with Crippen molar-refractivity contribution < 1.29 is 21.6 Å². The zero-order valence-corrected chi connectivity index (χ0v) is 13.9. The molecule has 1 N–H and O–H groups in total. The van der Waals surface area contributed by atoms with Gasteiger partial charge in [-0.2, -0.15) is 17.5 Å². The molecular weight excluding hydrogens is 355 g/mol. The molecule has 2 heterocycles. The average Bonchev–Trinajstić information content (AvgIpc) is 2.62. The SMILES string of the molecule is O=S(=O)(c1cccc(C(F)(F)F)c1)N1CCNCC1c1cccnc1. The fourth-order valence-electron chi connectivity index (χ4n) is 2.80. The first-order valence-corrected chi connectivity index (χ1v) is 9.04. The highest BCUT2D eigenvalue weighted by molar-refractivity contribution is 7.89. The van der Waals surface area contributed by atoms with E-state index in [1.165, 1.54) is 10.4 Å². The van der Waals surface area contributed by atoms with Gasteiger partial charge in [-0.1, -0.05) is 12.1 Å². The summed E-state index contributed by atoms with van der Waals surface area (Å²) in [5, 5.41) is 3.11. The maximum absolute atomic E-state index is 13.0. The third-order valence-electron chi connectivity index (χ3n) is 4.03. The highest BCUT2D eigenvalue weighted by Crippen LogP contribution is 2.33. The Morgan fingerprint density at radius 2 is 2.00 bits per heavy atom. The Balaban J connectivity index is 2.00. The van der Waals surface area contributed by atoms with Crippen molar-refractivity contribution in [2.75, 3.05) is 19.6 Å². The molecule has 2 aromatic rings. The van der Waals surface area contributed by atoms with E-state index in [9.17, 15) is 21.6 Å². The lowest BCUT2D eigenvalue weighted by Gasteiger charge is -2.35. The second-order valence-corrected chi connectivity index (χ2v) is 7.54. The number of sulfonamides is 1. The Hall–Kier alpha value is -1.97. The van der Waals surface area contributed by atoms with Crippen LogP contribution < -0.4 is 5.32 Å². The number of rotatable bonds is 3. The predicted octanol–water partition coefficient (Wildman–Crippen LogP) is 2.44. The summed E-state index contributed by atoms with van der Waals surface area (Å²) < 4.78 is 65.9. The quantitative estimate of drug-likeness (QED) is 0.900. The van der Waals surface area contributed by atoms with Crippen LogP contribution in [0.1, 0.15) is 17.2 Å². The van der Waals surface area contributed by atoms with Crippen molar-refractivity contribution in [3.63, 3.8) is 0 Å². The lowest BCUT2D eigenvalue weighted by molar-refractivity contribution is -0.137. The topological polar surface area (TPSA) is 62.3 Å². The number of alkyl halides is 3. The molecule has 0 bridgehead atoms. The molecule has 1 atom stereocenters. The lowest BCUT2D eigenvalue weighted by atomic mass is 10.1. The van der Waals surface area contributed by atoms with Crippen molar-refractivity contribution in [3.05, 3.63) is 59.9 Å². The number of pyridine rings is 1. The van der Waals surface area contributed by atoms with Crippen LogP contribution in [0.4, 0.5) is 13.2 Å². The van der Waals surface area contributed by atoms with Crippen LogP contribution in [-0.4, -0.2) is 37.3 Å². The number of hydrogen-bond donors (Lipinski definition) is 1. The van der Waals surface area contributed by atoms with Gasteiger partial charge in [-0.15, -0.1) is 0 Å². The van der Waals surface area contributed by atoms with Gasteiger partial charge in [0.1, 0.15) is 0 Å². The van der Waals surface area contributed by atoms with Crippen LogP contribution in [0, 0.1) is 0 Å². The number of aromatic nitrogens is 1. The van der Waals surface area contributed by atoms with E-state index in [4.69, 9.17) is 0 Å². The summed E-state index contributed by atoms with van der Waals surface area (Å²) in [6.07, 6.45) is -1.46. The number of halogens is 3. The minimum atomic E-state index is -4.60. The van der Waals surface area contributed by atoms with Crippen LogP contribution in [-0.2, 0) is 16.2 Å². The van der Waals surface area contributed by atoms with Crippen molar-refractivity contribution in [1.82, 2.24) is 14.6 Å². The molecule has 1 unspecified atom stereocenters. The molecule has 5 nitrogen and oxygen atoms in total. The maximum Gasteiger partial charge on any atom is 0.416 e. The van der Waals surface area contributed by atoms with Crippen molar-refractivity contribution in [3.8, 4) is 0 Å². The van der Waals surface area contributed by atoms with E-state index in [1.54, 1.807) is 24.5 Å². The summed E-state index contributed by atoms with van der Waals surface area (Å²) in [7, 11) is -4.08. The van der Waals surface area contributed by atoms with Crippen LogP contribution in [0.5, 0.6) is 0 Å². The zero-order valence-electron chi connectivity index (χ0n) is 13.1. The largest absolute Gasteiger partial charge is 0.416 e. The fraction of sp³-hybridized carbons (Fsp3) is 0.312. The number of nitrogens with one attached hydrogen (secondary N) is 1. The van der Waals surface area contributed by atoms with Crippen LogP contribution in [0.3, 0.4) is 0 Å². The second kappa shape index (κ2) is 6.74. The highest BCUT2D eigenvalue weighted by atomic mass is 32.2. The van der Waals surface area contributed by atoms with Crippen LogP contribution in [0.15, 0.2) is 53.7 Å². The van der Waals surface area contributed by atoms with E-state index in [0.29, 0.717) is 24.7 Å². The van der Waals surface area contributed by atoms with Crippen molar-refractivity contribution in [1.29, 1.82) is 0 Å². The molecule has 0 radical (unpaired) electrons. The minimum absolute atomic E-state index is 0.165. The summed E-state index contributed by atoms with van der Waals surface area (Å²) >= 11 is 0. The normalized spacial score (nSPS) is 19.7. The number of piperazine rings is 1. The minimum Gasteiger partial charge on any atom is -0.313 e. The number of hydrogen-bond acceptors (Lipinski definition) is 4. The number of benzene rings is 1. The third-order valence-corrected chi connectivity index (χ3v) is 5.94. The van der Waals surface area contributed by atoms with Gasteiger partial charge in [0.25, 0.3) is 0 Å². The molecule has 134 valence electrons. The molecule has 0 saturated carbocycles. The average molecular weight is 371 g/mol. The van der Waals surface area contributed by atoms with Gasteiger partial charge in [-0.25, -0.2) is 8.42 Å². The van der Waals surface area contributed by atoms with E-state index in [0.717, 1.165) is 12.1 Å². The molecule has 1 aliphatic heterocycles. The summed E-state index contributed by atoms with van der Waals surface area (Å²) in [5.74, 6) is 0. The standard InChI is InChI=1S/C16H16F3N3O2S/c17-16(18,19)13-4-1-5-14(9-13)25(23,24)22-8-7-21-11-15(22)12-3-2-6-20-10-12/h1-6,9-10,15,21H,7-8,11H2. The molecule has 1 fully saturated rings. The second-order valence-electron chi connectivity index (χ2n) is 5.65. The molecule has 1 aromatic carbocycles. The lowest BCUT2D eigenvalue weighted by Crippen LogP contribution is -2.48. The zero-order chi connectivity index (χ0) is 18.1. The summed E-state index contributed by atoms with van der Waals surface area (Å²) in [5.41, 5.74) is -0.299. The maximum atomic E-state index is 13.0. The Labute approximate surface area is 143 Å². The Morgan fingerprint density at radius 3 is 2.68 bits per heavy atom. The highest BCUT2D eigenvalue weighted by Gasteiger charge is 2.36. The molecular formula is C16H16F3N3O2S. The Bertz CT molecular complexity index is 841. The molecule has 1 aromatic heterocycles. The van der Waals surface area contributed by atoms with Crippen LogP contribution >= 0.6 is 0 Å². The van der Waals surface area contributed by atoms with Gasteiger partial charge in [0, 0.05) is 32.0 Å². The van der Waals surface area contributed by atoms with Gasteiger partial charge < -0.3 is 5.32 Å². The molecule has 0 spiro atoms. The van der Waals surface area contributed by atoms with Crippen molar-refractivity contribution in [2.45, 2.75) is 17.1 Å². The first-order valence-electron chi connectivity index (χ1n) is 7.60. The molecule has 25 heavy (non-hydrogen) atoms. The van der Waals surface area contributed by atoms with Crippen molar-refractivity contribution in [2.24, 2.45) is 0 Å². The van der Waals surface area contributed by atoms with Gasteiger partial charge in [-0.3, -0.25) is 4.98 Å². The fourth-order valence-corrected chi connectivity index (χ4v) is 4.46. The third kappa shape index (κ3) is 3.68. The monoisotopic (exact) mass is 371 g/mol. The smallest absolute Gasteiger partial charge is 0.313 e. The first-order chi connectivity index (χ1) is 11.8. The van der Waals surface area contributed by atoms with Gasteiger partial charge in [0.2, 0.25) is 10.0 Å². The molecule has 3 rings (SSSR count). The van der Waals surface area contributed by atoms with E-state index in [1.807, 2.05) is 0 Å². The summed E-state index contributed by atoms with van der Waals surface area (Å²) in [6.45, 7) is 0.955. The van der Waals surface area contributed by atoms with Gasteiger partial charge in [0.15, 0.2) is 0 Å². The van der Waals surface area contributed by atoms with E-state index in [2.05, 4.69) is 10.3 Å². The van der Waals surface area contributed by atoms with Crippen molar-refractivity contribution >= 4 is 10.0 Å². The van der Waals surface area contributed by atoms with Gasteiger partial charge in [0.05, 0.1) is 16.5 Å². The molecule has 9 heteroatoms. The summed E-state index contributed by atoms with van der Waals surface area (Å²) in [6, 6.07) is 6.75. The van der Waals surface area contributed by atoms with Crippen LogP contribution in [0.2, 0.25) is 0 Å². The molecule has 0 aliphatic carbocycles.